The normalized spacial score (nSPS) is 11.3. The first-order chi connectivity index (χ1) is 10.7. The van der Waals surface area contributed by atoms with Crippen molar-refractivity contribution in [2.24, 2.45) is 5.14 Å². The number of rotatable bonds is 4. The minimum Gasteiger partial charge on any atom is -0.457 e. The van der Waals surface area contributed by atoms with Crippen LogP contribution in [-0.4, -0.2) is 14.4 Å². The van der Waals surface area contributed by atoms with Crippen LogP contribution < -0.4 is 5.14 Å². The quantitative estimate of drug-likeness (QED) is 0.829. The van der Waals surface area contributed by atoms with Crippen molar-refractivity contribution < 1.29 is 22.3 Å². The lowest BCUT2D eigenvalue weighted by atomic mass is 10.2. The molecule has 0 amide bonds. The lowest BCUT2D eigenvalue weighted by Crippen LogP contribution is -2.14. The molecule has 0 aliphatic carbocycles. The third-order valence-electron chi connectivity index (χ3n) is 2.86. The fourth-order valence-corrected chi connectivity index (χ4v) is 2.70. The molecule has 2 rings (SSSR count). The number of benzene rings is 2. The molecule has 0 spiro atoms. The van der Waals surface area contributed by atoms with E-state index in [2.05, 4.69) is 0 Å². The number of carbonyl (C=O) groups is 1. The molecule has 0 saturated carbocycles. The highest BCUT2D eigenvalue weighted by atomic mass is 35.5. The molecule has 9 heteroatoms. The maximum Gasteiger partial charge on any atom is 0.341 e. The van der Waals surface area contributed by atoms with Crippen LogP contribution in [0.5, 0.6) is 0 Å². The Morgan fingerprint density at radius 3 is 2.48 bits per heavy atom. The molecule has 5 nitrogen and oxygen atoms in total. The molecule has 2 aromatic rings. The Balaban J connectivity index is 2.21. The fraction of sp³-hybridized carbons (Fsp3) is 0.0714. The molecule has 0 aliphatic heterocycles. The number of esters is 1. The Bertz CT molecular complexity index is 871. The molecule has 0 bridgehead atoms. The van der Waals surface area contributed by atoms with Crippen molar-refractivity contribution in [2.75, 3.05) is 0 Å². The molecular formula is C14H10Cl2FNO4S. The van der Waals surface area contributed by atoms with E-state index in [1.54, 1.807) is 12.1 Å². The molecule has 0 aliphatic rings. The van der Waals surface area contributed by atoms with Crippen LogP contribution in [0.25, 0.3) is 0 Å². The molecule has 0 heterocycles. The number of ether oxygens (including phenoxy) is 1. The van der Waals surface area contributed by atoms with Gasteiger partial charge in [0.2, 0.25) is 10.0 Å². The predicted molar refractivity (Wildman–Crippen MR) is 83.4 cm³/mol. The van der Waals surface area contributed by atoms with Gasteiger partial charge in [-0.3, -0.25) is 0 Å². The number of sulfonamides is 1. The molecule has 0 aromatic heterocycles. The zero-order valence-corrected chi connectivity index (χ0v) is 13.8. The molecule has 0 unspecified atom stereocenters. The maximum absolute atomic E-state index is 13.7. The topological polar surface area (TPSA) is 86.5 Å². The van der Waals surface area contributed by atoms with E-state index < -0.39 is 32.3 Å². The van der Waals surface area contributed by atoms with Gasteiger partial charge in [0.15, 0.2) is 0 Å². The van der Waals surface area contributed by atoms with Crippen LogP contribution in [0.15, 0.2) is 41.3 Å². The predicted octanol–water partition coefficient (Wildman–Crippen LogP) is 3.14. The Morgan fingerprint density at radius 2 is 1.87 bits per heavy atom. The molecular weight excluding hydrogens is 368 g/mol. The van der Waals surface area contributed by atoms with E-state index in [0.29, 0.717) is 10.6 Å². The largest absolute Gasteiger partial charge is 0.457 e. The van der Waals surface area contributed by atoms with E-state index in [1.165, 1.54) is 6.07 Å². The van der Waals surface area contributed by atoms with Crippen LogP contribution in [0.1, 0.15) is 15.9 Å². The monoisotopic (exact) mass is 377 g/mol. The number of hydrogen-bond acceptors (Lipinski definition) is 4. The van der Waals surface area contributed by atoms with Crippen molar-refractivity contribution in [3.63, 3.8) is 0 Å². The van der Waals surface area contributed by atoms with Crippen molar-refractivity contribution in [1.82, 2.24) is 0 Å². The molecule has 23 heavy (non-hydrogen) atoms. The molecule has 0 radical (unpaired) electrons. The Labute approximate surface area is 141 Å². The average Bonchev–Trinajstić information content (AvgIpc) is 2.45. The second kappa shape index (κ2) is 6.84. The minimum absolute atomic E-state index is 0.228. The van der Waals surface area contributed by atoms with Gasteiger partial charge in [0.1, 0.15) is 12.4 Å². The van der Waals surface area contributed by atoms with Crippen LogP contribution in [0.4, 0.5) is 4.39 Å². The third-order valence-corrected chi connectivity index (χ3v) is 4.36. The van der Waals surface area contributed by atoms with Gasteiger partial charge in [0.05, 0.1) is 10.5 Å². The van der Waals surface area contributed by atoms with Gasteiger partial charge in [0.25, 0.3) is 0 Å². The molecule has 2 N–H and O–H groups in total. The number of primary sulfonamides is 1. The van der Waals surface area contributed by atoms with Crippen molar-refractivity contribution in [2.45, 2.75) is 11.5 Å². The van der Waals surface area contributed by atoms with E-state index in [9.17, 15) is 17.6 Å². The third kappa shape index (κ3) is 4.42. The van der Waals surface area contributed by atoms with Gasteiger partial charge >= 0.3 is 5.97 Å². The number of hydrogen-bond donors (Lipinski definition) is 1. The number of halogens is 3. The summed E-state index contributed by atoms with van der Waals surface area (Å²) in [6, 6.07) is 7.17. The van der Waals surface area contributed by atoms with Crippen molar-refractivity contribution in [3.05, 3.63) is 63.4 Å². The molecule has 2 aromatic carbocycles. The average molecular weight is 378 g/mol. The second-order valence-electron chi connectivity index (χ2n) is 4.50. The molecule has 0 fully saturated rings. The van der Waals surface area contributed by atoms with Gasteiger partial charge in [-0.15, -0.1) is 0 Å². The highest BCUT2D eigenvalue weighted by Gasteiger charge is 2.18. The summed E-state index contributed by atoms with van der Waals surface area (Å²) in [5.74, 6) is -1.97. The summed E-state index contributed by atoms with van der Waals surface area (Å²) >= 11 is 11.7. The SMILES string of the molecule is NS(=O)(=O)c1ccc(F)c(C(=O)OCc2ccc(Cl)cc2Cl)c1. The van der Waals surface area contributed by atoms with Gasteiger partial charge in [-0.25, -0.2) is 22.7 Å². The van der Waals surface area contributed by atoms with E-state index >= 15 is 0 Å². The second-order valence-corrected chi connectivity index (χ2v) is 6.90. The zero-order valence-electron chi connectivity index (χ0n) is 11.4. The van der Waals surface area contributed by atoms with Gasteiger partial charge in [-0.2, -0.15) is 0 Å². The zero-order chi connectivity index (χ0) is 17.2. The first-order valence-electron chi connectivity index (χ1n) is 6.12. The van der Waals surface area contributed by atoms with Crippen LogP contribution in [0.3, 0.4) is 0 Å². The van der Waals surface area contributed by atoms with E-state index in [1.807, 2.05) is 0 Å². The highest BCUT2D eigenvalue weighted by Crippen LogP contribution is 2.22. The van der Waals surface area contributed by atoms with Crippen molar-refractivity contribution in [3.8, 4) is 0 Å². The van der Waals surface area contributed by atoms with E-state index in [0.717, 1.165) is 18.2 Å². The Kier molecular flexibility index (Phi) is 5.26. The van der Waals surface area contributed by atoms with Gasteiger partial charge < -0.3 is 4.74 Å². The van der Waals surface area contributed by atoms with Crippen LogP contribution in [-0.2, 0) is 21.4 Å². The first-order valence-corrected chi connectivity index (χ1v) is 8.42. The van der Waals surface area contributed by atoms with Crippen molar-refractivity contribution >= 4 is 39.2 Å². The number of nitrogens with two attached hydrogens (primary N) is 1. The summed E-state index contributed by atoms with van der Waals surface area (Å²) in [5, 5.41) is 5.64. The molecule has 0 saturated heterocycles. The smallest absolute Gasteiger partial charge is 0.341 e. The van der Waals surface area contributed by atoms with Crippen LogP contribution in [0, 0.1) is 5.82 Å². The summed E-state index contributed by atoms with van der Waals surface area (Å²) < 4.78 is 41.1. The summed E-state index contributed by atoms with van der Waals surface area (Å²) in [5.41, 5.74) is -0.0750. The van der Waals surface area contributed by atoms with E-state index in [-0.39, 0.29) is 11.6 Å². The van der Waals surface area contributed by atoms with E-state index in [4.69, 9.17) is 33.1 Å². The summed E-state index contributed by atoms with van der Waals surface area (Å²) in [4.78, 5) is 11.5. The Morgan fingerprint density at radius 1 is 1.17 bits per heavy atom. The van der Waals surface area contributed by atoms with Crippen LogP contribution in [0.2, 0.25) is 10.0 Å². The summed E-state index contributed by atoms with van der Waals surface area (Å²) in [6.45, 7) is -0.228. The summed E-state index contributed by atoms with van der Waals surface area (Å²) in [6.07, 6.45) is 0. The Hall–Kier alpha value is -1.67. The molecule has 122 valence electrons. The van der Waals surface area contributed by atoms with Gasteiger partial charge in [0, 0.05) is 15.6 Å². The molecule has 0 atom stereocenters. The minimum atomic E-state index is -4.06. The standard InChI is InChI=1S/C14H10Cl2FNO4S/c15-9-2-1-8(12(16)5-9)7-22-14(19)11-6-10(23(18,20)21)3-4-13(11)17/h1-6H,7H2,(H2,18,20,21). The van der Waals surface area contributed by atoms with Crippen LogP contribution >= 0.6 is 23.2 Å². The van der Waals surface area contributed by atoms with Gasteiger partial charge in [-0.1, -0.05) is 29.3 Å². The lowest BCUT2D eigenvalue weighted by Gasteiger charge is -2.08. The fourth-order valence-electron chi connectivity index (χ4n) is 1.70. The first kappa shape index (κ1) is 17.7. The highest BCUT2D eigenvalue weighted by molar-refractivity contribution is 7.89. The lowest BCUT2D eigenvalue weighted by molar-refractivity contribution is 0.0467. The van der Waals surface area contributed by atoms with Gasteiger partial charge in [-0.05, 0) is 30.3 Å². The maximum atomic E-state index is 13.7. The number of carbonyl (C=O) groups excluding carboxylic acids is 1. The van der Waals surface area contributed by atoms with Crippen molar-refractivity contribution in [1.29, 1.82) is 0 Å². The summed E-state index contributed by atoms with van der Waals surface area (Å²) in [7, 11) is -4.06.